The van der Waals surface area contributed by atoms with Crippen LogP contribution in [0.15, 0.2) is 30.3 Å². The second kappa shape index (κ2) is 5.74. The van der Waals surface area contributed by atoms with Gasteiger partial charge in [0.05, 0.1) is 0 Å². The molecule has 3 rings (SSSR count). The van der Waals surface area contributed by atoms with Crippen LogP contribution in [0.3, 0.4) is 0 Å². The van der Waals surface area contributed by atoms with E-state index in [1.54, 1.807) is 0 Å². The van der Waals surface area contributed by atoms with E-state index in [4.69, 9.17) is 4.74 Å². The molecule has 0 radical (unpaired) electrons. The molecule has 0 aromatic heterocycles. The topological polar surface area (TPSA) is 38.3 Å². The van der Waals surface area contributed by atoms with Crippen LogP contribution in [0.2, 0.25) is 0 Å². The van der Waals surface area contributed by atoms with Gasteiger partial charge in [0.1, 0.15) is 12.6 Å². The molecule has 0 spiro atoms. The average molecular weight is 259 g/mol. The van der Waals surface area contributed by atoms with Crippen LogP contribution in [0.25, 0.3) is 0 Å². The first-order valence-electron chi connectivity index (χ1n) is 7.29. The molecule has 2 aliphatic rings. The number of esters is 1. The molecule has 1 saturated heterocycles. The van der Waals surface area contributed by atoms with Gasteiger partial charge in [-0.1, -0.05) is 43.2 Å². The van der Waals surface area contributed by atoms with Crippen molar-refractivity contribution in [2.75, 3.05) is 0 Å². The maximum Gasteiger partial charge on any atom is 0.323 e. The van der Waals surface area contributed by atoms with Crippen LogP contribution >= 0.6 is 0 Å². The highest BCUT2D eigenvalue weighted by molar-refractivity contribution is 5.76. The van der Waals surface area contributed by atoms with Crippen molar-refractivity contribution in [3.8, 4) is 0 Å². The van der Waals surface area contributed by atoms with Crippen molar-refractivity contribution in [3.05, 3.63) is 35.9 Å². The predicted octanol–water partition coefficient (Wildman–Crippen LogP) is 2.65. The highest BCUT2D eigenvalue weighted by Gasteiger charge is 2.38. The van der Waals surface area contributed by atoms with Gasteiger partial charge in [-0.3, -0.25) is 4.79 Å². The number of fused-ring (bicyclic) bond motifs is 1. The van der Waals surface area contributed by atoms with Gasteiger partial charge in [0.15, 0.2) is 0 Å². The Bertz CT molecular complexity index is 418. The molecule has 1 heterocycles. The normalized spacial score (nSPS) is 29.8. The Balaban J connectivity index is 1.51. The Morgan fingerprint density at radius 2 is 2.00 bits per heavy atom. The molecule has 0 amide bonds. The van der Waals surface area contributed by atoms with Gasteiger partial charge in [-0.25, -0.2) is 0 Å². The molecule has 102 valence electrons. The van der Waals surface area contributed by atoms with Gasteiger partial charge in [-0.05, 0) is 30.7 Å². The molecule has 1 saturated carbocycles. The fourth-order valence-electron chi connectivity index (χ4n) is 3.33. The lowest BCUT2D eigenvalue weighted by atomic mass is 9.85. The number of hydrogen-bond donors (Lipinski definition) is 1. The zero-order chi connectivity index (χ0) is 13.1. The molecule has 3 atom stereocenters. The quantitative estimate of drug-likeness (QED) is 0.848. The summed E-state index contributed by atoms with van der Waals surface area (Å²) in [5.41, 5.74) is 1.05. The number of benzene rings is 1. The molecule has 1 aliphatic carbocycles. The van der Waals surface area contributed by atoms with Crippen LogP contribution < -0.4 is 5.32 Å². The molecule has 2 fully saturated rings. The fourth-order valence-corrected chi connectivity index (χ4v) is 3.33. The Morgan fingerprint density at radius 1 is 1.21 bits per heavy atom. The largest absolute Gasteiger partial charge is 0.460 e. The molecular weight excluding hydrogens is 238 g/mol. The van der Waals surface area contributed by atoms with Crippen molar-refractivity contribution < 1.29 is 9.53 Å². The van der Waals surface area contributed by atoms with Gasteiger partial charge < -0.3 is 10.1 Å². The molecule has 1 aliphatic heterocycles. The van der Waals surface area contributed by atoms with E-state index in [2.05, 4.69) is 5.32 Å². The number of hydrogen-bond acceptors (Lipinski definition) is 3. The number of ether oxygens (including phenoxy) is 1. The smallest absolute Gasteiger partial charge is 0.323 e. The average Bonchev–Trinajstić information content (AvgIpc) is 2.90. The van der Waals surface area contributed by atoms with Crippen molar-refractivity contribution in [2.24, 2.45) is 5.92 Å². The van der Waals surface area contributed by atoms with E-state index in [1.807, 2.05) is 30.3 Å². The van der Waals surface area contributed by atoms with Gasteiger partial charge in [-0.15, -0.1) is 0 Å². The summed E-state index contributed by atoms with van der Waals surface area (Å²) in [5.74, 6) is 0.598. The zero-order valence-electron chi connectivity index (χ0n) is 11.2. The first kappa shape index (κ1) is 12.7. The van der Waals surface area contributed by atoms with E-state index < -0.39 is 0 Å². The Kier molecular flexibility index (Phi) is 3.83. The number of carbonyl (C=O) groups excluding carboxylic acids is 1. The Hall–Kier alpha value is -1.35. The third-order valence-corrected chi connectivity index (χ3v) is 4.37. The molecule has 3 nitrogen and oxygen atoms in total. The monoisotopic (exact) mass is 259 g/mol. The summed E-state index contributed by atoms with van der Waals surface area (Å²) in [6.45, 7) is 0.382. The van der Waals surface area contributed by atoms with Crippen molar-refractivity contribution in [1.29, 1.82) is 0 Å². The fraction of sp³-hybridized carbons (Fsp3) is 0.562. The number of carbonyl (C=O) groups is 1. The minimum absolute atomic E-state index is 0.0850. The maximum absolute atomic E-state index is 12.1. The SMILES string of the molecule is O=C(OCc1ccccc1)[C@@H]1CC2CCCCC2N1. The number of nitrogens with one attached hydrogen (secondary N) is 1. The lowest BCUT2D eigenvalue weighted by molar-refractivity contribution is -0.147. The van der Waals surface area contributed by atoms with E-state index in [0.717, 1.165) is 12.0 Å². The van der Waals surface area contributed by atoms with E-state index in [0.29, 0.717) is 18.6 Å². The van der Waals surface area contributed by atoms with Gasteiger partial charge >= 0.3 is 5.97 Å². The summed E-state index contributed by atoms with van der Waals surface area (Å²) < 4.78 is 5.42. The Labute approximate surface area is 114 Å². The van der Waals surface area contributed by atoms with Crippen molar-refractivity contribution in [1.82, 2.24) is 5.32 Å². The molecule has 0 bridgehead atoms. The summed E-state index contributed by atoms with van der Waals surface area (Å²) in [4.78, 5) is 12.1. The van der Waals surface area contributed by atoms with Crippen LogP contribution in [0.1, 0.15) is 37.7 Å². The van der Waals surface area contributed by atoms with E-state index in [1.165, 1.54) is 25.7 Å². The van der Waals surface area contributed by atoms with Crippen LogP contribution in [0.4, 0.5) is 0 Å². The zero-order valence-corrected chi connectivity index (χ0v) is 11.2. The summed E-state index contributed by atoms with van der Waals surface area (Å²) >= 11 is 0. The van der Waals surface area contributed by atoms with Gasteiger partial charge in [0.2, 0.25) is 0 Å². The third kappa shape index (κ3) is 2.98. The van der Waals surface area contributed by atoms with Crippen molar-refractivity contribution in [3.63, 3.8) is 0 Å². The van der Waals surface area contributed by atoms with Crippen LogP contribution in [0.5, 0.6) is 0 Å². The van der Waals surface area contributed by atoms with E-state index >= 15 is 0 Å². The lowest BCUT2D eigenvalue weighted by Gasteiger charge is -2.24. The first-order valence-corrected chi connectivity index (χ1v) is 7.29. The highest BCUT2D eigenvalue weighted by Crippen LogP contribution is 2.33. The van der Waals surface area contributed by atoms with Crippen LogP contribution in [0, 0.1) is 5.92 Å². The Morgan fingerprint density at radius 3 is 2.79 bits per heavy atom. The van der Waals surface area contributed by atoms with Gasteiger partial charge in [0.25, 0.3) is 0 Å². The summed E-state index contributed by atoms with van der Waals surface area (Å²) in [6, 6.07) is 10.3. The lowest BCUT2D eigenvalue weighted by Crippen LogP contribution is -2.37. The second-order valence-corrected chi connectivity index (χ2v) is 5.70. The van der Waals surface area contributed by atoms with Crippen molar-refractivity contribution >= 4 is 5.97 Å². The highest BCUT2D eigenvalue weighted by atomic mass is 16.5. The van der Waals surface area contributed by atoms with Crippen LogP contribution in [-0.2, 0) is 16.1 Å². The van der Waals surface area contributed by atoms with E-state index in [9.17, 15) is 4.79 Å². The van der Waals surface area contributed by atoms with Gasteiger partial charge in [-0.2, -0.15) is 0 Å². The second-order valence-electron chi connectivity index (χ2n) is 5.70. The van der Waals surface area contributed by atoms with Crippen LogP contribution in [-0.4, -0.2) is 18.1 Å². The molecule has 2 unspecified atom stereocenters. The first-order chi connectivity index (χ1) is 9.33. The van der Waals surface area contributed by atoms with E-state index in [-0.39, 0.29) is 12.0 Å². The minimum atomic E-state index is -0.0863. The summed E-state index contributed by atoms with van der Waals surface area (Å²) in [7, 11) is 0. The number of rotatable bonds is 3. The molecular formula is C16H21NO2. The van der Waals surface area contributed by atoms with Gasteiger partial charge in [0, 0.05) is 6.04 Å². The summed E-state index contributed by atoms with van der Waals surface area (Å²) in [5, 5.41) is 3.45. The predicted molar refractivity (Wildman–Crippen MR) is 73.5 cm³/mol. The minimum Gasteiger partial charge on any atom is -0.460 e. The third-order valence-electron chi connectivity index (χ3n) is 4.37. The molecule has 1 N–H and O–H groups in total. The molecule has 1 aromatic rings. The summed E-state index contributed by atoms with van der Waals surface area (Å²) in [6.07, 6.45) is 6.04. The maximum atomic E-state index is 12.1. The molecule has 3 heteroatoms. The molecule has 19 heavy (non-hydrogen) atoms. The molecule has 1 aromatic carbocycles. The van der Waals surface area contributed by atoms with Crippen molar-refractivity contribution in [2.45, 2.75) is 50.8 Å². The standard InChI is InChI=1S/C16H21NO2/c18-16(19-11-12-6-2-1-3-7-12)15-10-13-8-4-5-9-14(13)17-15/h1-3,6-7,13-15,17H,4-5,8-11H2/t13?,14?,15-/m0/s1.